The van der Waals surface area contributed by atoms with Crippen molar-refractivity contribution >= 4 is 0 Å². The van der Waals surface area contributed by atoms with E-state index in [4.69, 9.17) is 5.73 Å². The summed E-state index contributed by atoms with van der Waals surface area (Å²) in [5.74, 6) is 1.81. The molecule has 2 nitrogen and oxygen atoms in total. The molecule has 1 aliphatic carbocycles. The van der Waals surface area contributed by atoms with Crippen LogP contribution in [0.3, 0.4) is 0 Å². The summed E-state index contributed by atoms with van der Waals surface area (Å²) in [4.78, 5) is 2.57. The maximum atomic E-state index is 5.85. The molecule has 1 rings (SSSR count). The van der Waals surface area contributed by atoms with E-state index in [1.54, 1.807) is 0 Å². The van der Waals surface area contributed by atoms with Gasteiger partial charge in [-0.25, -0.2) is 0 Å². The Hall–Kier alpha value is -0.0800. The molecule has 2 heteroatoms. The van der Waals surface area contributed by atoms with Gasteiger partial charge in [0.15, 0.2) is 0 Å². The third-order valence-corrected chi connectivity index (χ3v) is 4.78. The van der Waals surface area contributed by atoms with E-state index in [1.165, 1.54) is 32.1 Å². The minimum absolute atomic E-state index is 0.249. The standard InChI is InChI=1S/C16H34N2/c1-13(2)14-7-6-8-15(10-9-14)18(5)12-16(3,4)11-17/h13-15H,6-12,17H2,1-5H3. The number of hydrogen-bond donors (Lipinski definition) is 1. The van der Waals surface area contributed by atoms with E-state index < -0.39 is 0 Å². The second kappa shape index (κ2) is 6.91. The van der Waals surface area contributed by atoms with Crippen LogP contribution in [0.15, 0.2) is 0 Å². The molecule has 108 valence electrons. The molecule has 0 aromatic heterocycles. The van der Waals surface area contributed by atoms with E-state index in [0.29, 0.717) is 0 Å². The first-order valence-electron chi connectivity index (χ1n) is 7.76. The van der Waals surface area contributed by atoms with Crippen LogP contribution < -0.4 is 5.73 Å². The molecule has 0 spiro atoms. The zero-order valence-corrected chi connectivity index (χ0v) is 13.2. The molecule has 0 bridgehead atoms. The highest BCUT2D eigenvalue weighted by molar-refractivity contribution is 4.81. The molecule has 0 saturated heterocycles. The predicted octanol–water partition coefficient (Wildman–Crippen LogP) is 3.51. The summed E-state index contributed by atoms with van der Waals surface area (Å²) < 4.78 is 0. The van der Waals surface area contributed by atoms with E-state index in [0.717, 1.165) is 31.0 Å². The summed E-state index contributed by atoms with van der Waals surface area (Å²) in [5, 5.41) is 0. The van der Waals surface area contributed by atoms with Crippen molar-refractivity contribution in [1.29, 1.82) is 0 Å². The third kappa shape index (κ3) is 4.89. The molecule has 0 aromatic carbocycles. The lowest BCUT2D eigenvalue weighted by molar-refractivity contribution is 0.151. The molecule has 1 aliphatic rings. The van der Waals surface area contributed by atoms with E-state index in [2.05, 4.69) is 39.6 Å². The van der Waals surface area contributed by atoms with Crippen LogP contribution in [0.4, 0.5) is 0 Å². The molecule has 0 amide bonds. The van der Waals surface area contributed by atoms with Crippen LogP contribution in [0.25, 0.3) is 0 Å². The Balaban J connectivity index is 2.47. The van der Waals surface area contributed by atoms with Crippen LogP contribution in [0.2, 0.25) is 0 Å². The van der Waals surface area contributed by atoms with Gasteiger partial charge >= 0.3 is 0 Å². The summed E-state index contributed by atoms with van der Waals surface area (Å²) in [6.07, 6.45) is 7.00. The Kier molecular flexibility index (Phi) is 6.13. The summed E-state index contributed by atoms with van der Waals surface area (Å²) in [6, 6.07) is 0.777. The van der Waals surface area contributed by atoms with Crippen molar-refractivity contribution in [3.8, 4) is 0 Å². The minimum atomic E-state index is 0.249. The van der Waals surface area contributed by atoms with Crippen LogP contribution in [-0.4, -0.2) is 31.1 Å². The van der Waals surface area contributed by atoms with Crippen molar-refractivity contribution in [3.05, 3.63) is 0 Å². The number of rotatable bonds is 5. The second-order valence-electron chi connectivity index (χ2n) is 7.45. The topological polar surface area (TPSA) is 29.3 Å². The number of nitrogens with two attached hydrogens (primary N) is 1. The fourth-order valence-electron chi connectivity index (χ4n) is 3.29. The monoisotopic (exact) mass is 254 g/mol. The van der Waals surface area contributed by atoms with Gasteiger partial charge in [0.1, 0.15) is 0 Å². The highest BCUT2D eigenvalue weighted by Gasteiger charge is 2.26. The molecular weight excluding hydrogens is 220 g/mol. The first-order chi connectivity index (χ1) is 8.35. The van der Waals surface area contributed by atoms with Crippen molar-refractivity contribution in [2.24, 2.45) is 23.0 Å². The molecule has 0 aromatic rings. The molecule has 1 fully saturated rings. The lowest BCUT2D eigenvalue weighted by atomic mass is 9.88. The summed E-state index contributed by atoms with van der Waals surface area (Å²) in [6.45, 7) is 11.2. The third-order valence-electron chi connectivity index (χ3n) is 4.78. The SMILES string of the molecule is CC(C)C1CCCC(N(C)CC(C)(C)CN)CC1. The minimum Gasteiger partial charge on any atom is -0.330 e. The molecule has 0 aliphatic heterocycles. The summed E-state index contributed by atoms with van der Waals surface area (Å²) >= 11 is 0. The fourth-order valence-corrected chi connectivity index (χ4v) is 3.29. The van der Waals surface area contributed by atoms with Crippen molar-refractivity contribution < 1.29 is 0 Å². The van der Waals surface area contributed by atoms with Crippen molar-refractivity contribution in [2.75, 3.05) is 20.1 Å². The van der Waals surface area contributed by atoms with E-state index in [9.17, 15) is 0 Å². The first kappa shape index (κ1) is 16.0. The zero-order chi connectivity index (χ0) is 13.8. The molecule has 1 saturated carbocycles. The molecule has 0 radical (unpaired) electrons. The van der Waals surface area contributed by atoms with Crippen molar-refractivity contribution in [1.82, 2.24) is 4.90 Å². The quantitative estimate of drug-likeness (QED) is 0.761. The van der Waals surface area contributed by atoms with Crippen molar-refractivity contribution in [2.45, 2.75) is 65.8 Å². The normalized spacial score (nSPS) is 26.7. The maximum absolute atomic E-state index is 5.85. The van der Waals surface area contributed by atoms with Gasteiger partial charge < -0.3 is 10.6 Å². The van der Waals surface area contributed by atoms with E-state index in [-0.39, 0.29) is 5.41 Å². The van der Waals surface area contributed by atoms with Crippen LogP contribution in [0, 0.1) is 17.3 Å². The largest absolute Gasteiger partial charge is 0.330 e. The molecular formula is C16H34N2. The van der Waals surface area contributed by atoms with Gasteiger partial charge in [0.25, 0.3) is 0 Å². The average molecular weight is 254 g/mol. The average Bonchev–Trinajstić information content (AvgIpc) is 2.53. The van der Waals surface area contributed by atoms with E-state index >= 15 is 0 Å². The van der Waals surface area contributed by atoms with Gasteiger partial charge in [0.2, 0.25) is 0 Å². The number of nitrogens with zero attached hydrogens (tertiary/aromatic N) is 1. The molecule has 2 atom stereocenters. The van der Waals surface area contributed by atoms with Crippen LogP contribution >= 0.6 is 0 Å². The lowest BCUT2D eigenvalue weighted by Gasteiger charge is -2.34. The number of hydrogen-bond acceptors (Lipinski definition) is 2. The summed E-state index contributed by atoms with van der Waals surface area (Å²) in [5.41, 5.74) is 6.10. The lowest BCUT2D eigenvalue weighted by Crippen LogP contribution is -2.41. The Labute approximate surface area is 114 Å². The Morgan fingerprint density at radius 2 is 1.83 bits per heavy atom. The van der Waals surface area contributed by atoms with E-state index in [1.807, 2.05) is 0 Å². The Morgan fingerprint density at radius 1 is 1.17 bits per heavy atom. The van der Waals surface area contributed by atoms with Crippen LogP contribution in [-0.2, 0) is 0 Å². The Bertz CT molecular complexity index is 235. The van der Waals surface area contributed by atoms with Crippen LogP contribution in [0.1, 0.15) is 59.8 Å². The molecule has 0 heterocycles. The van der Waals surface area contributed by atoms with Gasteiger partial charge in [-0.05, 0) is 50.1 Å². The predicted molar refractivity (Wildman–Crippen MR) is 80.7 cm³/mol. The van der Waals surface area contributed by atoms with Gasteiger partial charge in [0, 0.05) is 12.6 Å². The first-order valence-corrected chi connectivity index (χ1v) is 7.76. The summed E-state index contributed by atoms with van der Waals surface area (Å²) in [7, 11) is 2.29. The smallest absolute Gasteiger partial charge is 0.00925 e. The Morgan fingerprint density at radius 3 is 2.39 bits per heavy atom. The maximum Gasteiger partial charge on any atom is 0.00925 e. The van der Waals surface area contributed by atoms with Gasteiger partial charge in [0.05, 0.1) is 0 Å². The van der Waals surface area contributed by atoms with Crippen molar-refractivity contribution in [3.63, 3.8) is 0 Å². The molecule has 18 heavy (non-hydrogen) atoms. The molecule has 2 unspecified atom stereocenters. The fraction of sp³-hybridized carbons (Fsp3) is 1.00. The zero-order valence-electron chi connectivity index (χ0n) is 13.2. The highest BCUT2D eigenvalue weighted by Crippen LogP contribution is 2.31. The van der Waals surface area contributed by atoms with Gasteiger partial charge in [-0.2, -0.15) is 0 Å². The van der Waals surface area contributed by atoms with Gasteiger partial charge in [-0.15, -0.1) is 0 Å². The van der Waals surface area contributed by atoms with Crippen LogP contribution in [0.5, 0.6) is 0 Å². The molecule has 2 N–H and O–H groups in total. The van der Waals surface area contributed by atoms with Gasteiger partial charge in [-0.1, -0.05) is 40.5 Å². The second-order valence-corrected chi connectivity index (χ2v) is 7.45. The van der Waals surface area contributed by atoms with Gasteiger partial charge in [-0.3, -0.25) is 0 Å². The highest BCUT2D eigenvalue weighted by atomic mass is 15.1.